The molecule has 1 atom stereocenters. The minimum atomic E-state index is -0.409. The van der Waals surface area contributed by atoms with Crippen molar-refractivity contribution in [2.24, 2.45) is 0 Å². The molecule has 18 heavy (non-hydrogen) atoms. The first-order chi connectivity index (χ1) is 8.42. The molecular formula is C14H28N2O2. The first-order valence-corrected chi connectivity index (χ1v) is 7.13. The molecule has 0 aromatic carbocycles. The Bertz CT molecular complexity index is 255. The van der Waals surface area contributed by atoms with Gasteiger partial charge in [-0.15, -0.1) is 0 Å². The Morgan fingerprint density at radius 2 is 2.11 bits per heavy atom. The van der Waals surface area contributed by atoms with Crippen LogP contribution in [0.2, 0.25) is 0 Å². The molecule has 1 aliphatic heterocycles. The second-order valence-electron chi connectivity index (χ2n) is 6.00. The van der Waals surface area contributed by atoms with Crippen molar-refractivity contribution in [2.75, 3.05) is 19.6 Å². The van der Waals surface area contributed by atoms with Gasteiger partial charge in [0, 0.05) is 19.1 Å². The van der Waals surface area contributed by atoms with Crippen LogP contribution < -0.4 is 5.32 Å². The summed E-state index contributed by atoms with van der Waals surface area (Å²) in [6.45, 7) is 10.3. The second-order valence-corrected chi connectivity index (χ2v) is 6.00. The summed E-state index contributed by atoms with van der Waals surface area (Å²) in [5, 5.41) is 3.51. The molecule has 1 amide bonds. The minimum absolute atomic E-state index is 0.194. The number of rotatable bonds is 4. The maximum Gasteiger partial charge on any atom is 0.410 e. The van der Waals surface area contributed by atoms with E-state index in [0.717, 1.165) is 19.5 Å². The van der Waals surface area contributed by atoms with Crippen LogP contribution in [-0.2, 0) is 4.74 Å². The summed E-state index contributed by atoms with van der Waals surface area (Å²) in [5.41, 5.74) is -0.409. The van der Waals surface area contributed by atoms with E-state index in [4.69, 9.17) is 4.74 Å². The summed E-state index contributed by atoms with van der Waals surface area (Å²) < 4.78 is 5.40. The molecule has 1 rings (SSSR count). The van der Waals surface area contributed by atoms with E-state index in [9.17, 15) is 4.79 Å². The molecule has 0 saturated carbocycles. The number of nitrogens with one attached hydrogen (secondary N) is 1. The summed E-state index contributed by atoms with van der Waals surface area (Å²) >= 11 is 0. The normalized spacial score (nSPS) is 20.6. The SMILES string of the molecule is CCN(CCC1CCCCN1)C(=O)OC(C)(C)C. The number of hydrogen-bond acceptors (Lipinski definition) is 3. The molecule has 1 N–H and O–H groups in total. The van der Waals surface area contributed by atoms with Gasteiger partial charge in [0.2, 0.25) is 0 Å². The lowest BCUT2D eigenvalue weighted by molar-refractivity contribution is 0.0252. The van der Waals surface area contributed by atoms with Crippen molar-refractivity contribution in [3.8, 4) is 0 Å². The van der Waals surface area contributed by atoms with Crippen LogP contribution in [0.4, 0.5) is 4.79 Å². The Kier molecular flexibility index (Phi) is 5.93. The zero-order valence-electron chi connectivity index (χ0n) is 12.3. The Morgan fingerprint density at radius 1 is 1.39 bits per heavy atom. The smallest absolute Gasteiger partial charge is 0.410 e. The van der Waals surface area contributed by atoms with Crippen LogP contribution in [0.1, 0.15) is 53.4 Å². The highest BCUT2D eigenvalue weighted by atomic mass is 16.6. The standard InChI is InChI=1S/C14H28N2O2/c1-5-16(13(17)18-14(2,3)4)11-9-12-8-6-7-10-15-12/h12,15H,5-11H2,1-4H3. The van der Waals surface area contributed by atoms with E-state index < -0.39 is 5.60 Å². The predicted molar refractivity (Wildman–Crippen MR) is 73.7 cm³/mol. The van der Waals surface area contributed by atoms with E-state index in [0.29, 0.717) is 12.6 Å². The average Bonchev–Trinajstić information content (AvgIpc) is 2.29. The largest absolute Gasteiger partial charge is 0.444 e. The molecule has 1 saturated heterocycles. The third kappa shape index (κ3) is 5.71. The van der Waals surface area contributed by atoms with Gasteiger partial charge in [-0.25, -0.2) is 4.79 Å². The number of amides is 1. The number of nitrogens with zero attached hydrogens (tertiary/aromatic N) is 1. The van der Waals surface area contributed by atoms with Gasteiger partial charge >= 0.3 is 6.09 Å². The summed E-state index contributed by atoms with van der Waals surface area (Å²) in [4.78, 5) is 13.7. The topological polar surface area (TPSA) is 41.6 Å². The summed E-state index contributed by atoms with van der Waals surface area (Å²) in [7, 11) is 0. The van der Waals surface area contributed by atoms with E-state index in [1.165, 1.54) is 19.3 Å². The van der Waals surface area contributed by atoms with Gasteiger partial charge in [-0.1, -0.05) is 6.42 Å². The van der Waals surface area contributed by atoms with Crippen molar-refractivity contribution in [3.05, 3.63) is 0 Å². The molecule has 0 aliphatic carbocycles. The quantitative estimate of drug-likeness (QED) is 0.841. The zero-order chi connectivity index (χ0) is 13.6. The maximum absolute atomic E-state index is 11.9. The molecule has 106 valence electrons. The van der Waals surface area contributed by atoms with Crippen LogP contribution in [-0.4, -0.2) is 42.3 Å². The molecule has 1 aliphatic rings. The van der Waals surface area contributed by atoms with Crippen LogP contribution in [0.15, 0.2) is 0 Å². The van der Waals surface area contributed by atoms with Crippen molar-refractivity contribution in [1.82, 2.24) is 10.2 Å². The number of carbonyl (C=O) groups is 1. The Balaban J connectivity index is 2.34. The molecule has 4 nitrogen and oxygen atoms in total. The highest BCUT2D eigenvalue weighted by Gasteiger charge is 2.22. The lowest BCUT2D eigenvalue weighted by Gasteiger charge is -2.29. The maximum atomic E-state index is 11.9. The van der Waals surface area contributed by atoms with Gasteiger partial charge in [0.05, 0.1) is 0 Å². The monoisotopic (exact) mass is 256 g/mol. The van der Waals surface area contributed by atoms with Crippen LogP contribution in [0.5, 0.6) is 0 Å². The fourth-order valence-corrected chi connectivity index (χ4v) is 2.19. The Morgan fingerprint density at radius 3 is 2.61 bits per heavy atom. The van der Waals surface area contributed by atoms with Gasteiger partial charge in [-0.3, -0.25) is 0 Å². The van der Waals surface area contributed by atoms with Crippen LogP contribution in [0.3, 0.4) is 0 Å². The van der Waals surface area contributed by atoms with E-state index in [1.54, 1.807) is 4.90 Å². The first-order valence-electron chi connectivity index (χ1n) is 7.13. The molecule has 0 aromatic heterocycles. The van der Waals surface area contributed by atoms with Gasteiger partial charge in [0.1, 0.15) is 5.60 Å². The molecule has 0 spiro atoms. The fraction of sp³-hybridized carbons (Fsp3) is 0.929. The average molecular weight is 256 g/mol. The van der Waals surface area contributed by atoms with Crippen molar-refractivity contribution in [3.63, 3.8) is 0 Å². The molecule has 1 unspecified atom stereocenters. The van der Waals surface area contributed by atoms with E-state index >= 15 is 0 Å². The summed E-state index contributed by atoms with van der Waals surface area (Å²) in [5.74, 6) is 0. The third-order valence-electron chi connectivity index (χ3n) is 3.19. The highest BCUT2D eigenvalue weighted by Crippen LogP contribution is 2.13. The Labute approximate surface area is 111 Å². The zero-order valence-corrected chi connectivity index (χ0v) is 12.3. The lowest BCUT2D eigenvalue weighted by Crippen LogP contribution is -2.41. The summed E-state index contributed by atoms with van der Waals surface area (Å²) in [6.07, 6.45) is 4.63. The molecule has 0 bridgehead atoms. The molecular weight excluding hydrogens is 228 g/mol. The van der Waals surface area contributed by atoms with Crippen molar-refractivity contribution < 1.29 is 9.53 Å². The predicted octanol–water partition coefficient (Wildman–Crippen LogP) is 2.78. The highest BCUT2D eigenvalue weighted by molar-refractivity contribution is 5.68. The molecule has 1 heterocycles. The van der Waals surface area contributed by atoms with E-state index in [-0.39, 0.29) is 6.09 Å². The number of carbonyl (C=O) groups excluding carboxylic acids is 1. The van der Waals surface area contributed by atoms with E-state index in [1.807, 2.05) is 27.7 Å². The Hall–Kier alpha value is -0.770. The van der Waals surface area contributed by atoms with Crippen LogP contribution >= 0.6 is 0 Å². The summed E-state index contributed by atoms with van der Waals surface area (Å²) in [6, 6.07) is 0.565. The van der Waals surface area contributed by atoms with Crippen molar-refractivity contribution in [1.29, 1.82) is 0 Å². The molecule has 4 heteroatoms. The van der Waals surface area contributed by atoms with Crippen LogP contribution in [0, 0.1) is 0 Å². The number of hydrogen-bond donors (Lipinski definition) is 1. The first kappa shape index (κ1) is 15.3. The van der Waals surface area contributed by atoms with E-state index in [2.05, 4.69) is 5.32 Å². The lowest BCUT2D eigenvalue weighted by atomic mass is 10.0. The molecule has 1 fully saturated rings. The van der Waals surface area contributed by atoms with Gasteiger partial charge in [0.25, 0.3) is 0 Å². The third-order valence-corrected chi connectivity index (χ3v) is 3.19. The minimum Gasteiger partial charge on any atom is -0.444 e. The van der Waals surface area contributed by atoms with Gasteiger partial charge < -0.3 is 15.0 Å². The van der Waals surface area contributed by atoms with Crippen LogP contribution in [0.25, 0.3) is 0 Å². The molecule has 0 aromatic rings. The molecule has 0 radical (unpaired) electrons. The fourth-order valence-electron chi connectivity index (χ4n) is 2.19. The van der Waals surface area contributed by atoms with Gasteiger partial charge in [0.15, 0.2) is 0 Å². The number of ether oxygens (including phenoxy) is 1. The second kappa shape index (κ2) is 6.98. The van der Waals surface area contributed by atoms with Gasteiger partial charge in [-0.2, -0.15) is 0 Å². The number of piperidine rings is 1. The van der Waals surface area contributed by atoms with Crippen molar-refractivity contribution in [2.45, 2.75) is 65.0 Å². The van der Waals surface area contributed by atoms with Crippen molar-refractivity contribution >= 4 is 6.09 Å². The van der Waals surface area contributed by atoms with Gasteiger partial charge in [-0.05, 0) is 53.5 Å².